The fourth-order valence-electron chi connectivity index (χ4n) is 4.31. The molecule has 0 unspecified atom stereocenters. The van der Waals surface area contributed by atoms with Gasteiger partial charge in [0.05, 0.1) is 24.3 Å². The third kappa shape index (κ3) is 4.39. The third-order valence-electron chi connectivity index (χ3n) is 6.07. The van der Waals surface area contributed by atoms with Gasteiger partial charge in [-0.2, -0.15) is 13.2 Å². The number of fused-ring (bicyclic) bond motifs is 1. The van der Waals surface area contributed by atoms with Gasteiger partial charge in [0.1, 0.15) is 6.09 Å². The van der Waals surface area contributed by atoms with E-state index in [2.05, 4.69) is 4.98 Å². The van der Waals surface area contributed by atoms with Crippen LogP contribution in [0.1, 0.15) is 29.5 Å². The Morgan fingerprint density at radius 1 is 1.13 bits per heavy atom. The largest absolute Gasteiger partial charge is 0.530 e. The van der Waals surface area contributed by atoms with E-state index in [0.29, 0.717) is 42.4 Å². The van der Waals surface area contributed by atoms with Crippen molar-refractivity contribution < 1.29 is 27.8 Å². The molecule has 1 N–H and O–H groups in total. The molecule has 0 spiro atoms. The Morgan fingerprint density at radius 3 is 2.48 bits per heavy atom. The van der Waals surface area contributed by atoms with Crippen LogP contribution in [0.15, 0.2) is 54.7 Å². The van der Waals surface area contributed by atoms with Gasteiger partial charge in [-0.25, -0.2) is 0 Å². The number of alkyl halides is 3. The molecule has 1 aromatic heterocycles. The summed E-state index contributed by atoms with van der Waals surface area (Å²) >= 11 is 0. The zero-order valence-electron chi connectivity index (χ0n) is 16.7. The van der Waals surface area contributed by atoms with Crippen LogP contribution >= 0.6 is 0 Å². The summed E-state index contributed by atoms with van der Waals surface area (Å²) in [6.45, 7) is 0.937. The lowest BCUT2D eigenvalue weighted by molar-refractivity contribution is -0.267. The van der Waals surface area contributed by atoms with E-state index in [1.54, 1.807) is 12.3 Å². The molecular weight excluding hydrogens is 409 g/mol. The standard InChI is InChI=1S/C23H23F3N2O3/c24-23(25,26)19-12-16-6-9-27-20(16)17(13-19)14-31-15-22(18-4-2-1-3-5-18)7-10-28(11-8-22)21(29)30/h1-6,9,12-13,27H,7-8,10-11,14-15H2,(H,29,30)/p-1. The van der Waals surface area contributed by atoms with Gasteiger partial charge >= 0.3 is 6.18 Å². The number of nitrogens with one attached hydrogen (secondary N) is 1. The van der Waals surface area contributed by atoms with Gasteiger partial charge in [0.15, 0.2) is 0 Å². The molecule has 1 saturated heterocycles. The van der Waals surface area contributed by atoms with E-state index in [9.17, 15) is 23.1 Å². The summed E-state index contributed by atoms with van der Waals surface area (Å²) in [7, 11) is 0. The van der Waals surface area contributed by atoms with Crippen LogP contribution in [-0.2, 0) is 22.9 Å². The van der Waals surface area contributed by atoms with E-state index in [-0.39, 0.29) is 13.2 Å². The number of carbonyl (C=O) groups is 1. The second kappa shape index (κ2) is 8.26. The molecule has 164 valence electrons. The molecule has 5 nitrogen and oxygen atoms in total. The lowest BCUT2D eigenvalue weighted by Crippen LogP contribution is -2.51. The van der Waals surface area contributed by atoms with E-state index in [0.717, 1.165) is 17.7 Å². The van der Waals surface area contributed by atoms with Crippen molar-refractivity contribution in [2.24, 2.45) is 0 Å². The van der Waals surface area contributed by atoms with E-state index in [1.165, 1.54) is 4.90 Å². The fourth-order valence-corrected chi connectivity index (χ4v) is 4.31. The highest BCUT2D eigenvalue weighted by molar-refractivity contribution is 5.83. The Kier molecular flexibility index (Phi) is 5.66. The maximum absolute atomic E-state index is 13.3. The van der Waals surface area contributed by atoms with Gasteiger partial charge in [0.25, 0.3) is 0 Å². The minimum Gasteiger partial charge on any atom is -0.530 e. The number of H-pyrrole nitrogens is 1. The second-order valence-corrected chi connectivity index (χ2v) is 7.97. The molecule has 0 saturated carbocycles. The van der Waals surface area contributed by atoms with Crippen LogP contribution in [0.3, 0.4) is 0 Å². The highest BCUT2D eigenvalue weighted by Crippen LogP contribution is 2.37. The first kappa shape index (κ1) is 21.2. The molecule has 1 aliphatic heterocycles. The SMILES string of the molecule is O=C([O-])N1CCC(COCc2cc(C(F)(F)F)cc3cc[nH]c23)(c2ccccc2)CC1. The average Bonchev–Trinajstić information content (AvgIpc) is 3.23. The van der Waals surface area contributed by atoms with Crippen molar-refractivity contribution in [3.8, 4) is 0 Å². The number of ether oxygens (including phenoxy) is 1. The predicted molar refractivity (Wildman–Crippen MR) is 107 cm³/mol. The lowest BCUT2D eigenvalue weighted by atomic mass is 9.73. The Morgan fingerprint density at radius 2 is 1.84 bits per heavy atom. The number of hydrogen-bond acceptors (Lipinski definition) is 3. The van der Waals surface area contributed by atoms with Crippen LogP contribution in [0.25, 0.3) is 10.9 Å². The number of aromatic nitrogens is 1. The summed E-state index contributed by atoms with van der Waals surface area (Å²) in [5, 5.41) is 11.7. The number of carboxylic acid groups (broad SMARTS) is 1. The Balaban J connectivity index is 1.55. The van der Waals surface area contributed by atoms with Crippen molar-refractivity contribution in [1.82, 2.24) is 9.88 Å². The second-order valence-electron chi connectivity index (χ2n) is 7.97. The number of aromatic amines is 1. The van der Waals surface area contributed by atoms with Gasteiger partial charge in [-0.3, -0.25) is 0 Å². The summed E-state index contributed by atoms with van der Waals surface area (Å²) in [4.78, 5) is 15.5. The third-order valence-corrected chi connectivity index (χ3v) is 6.07. The summed E-state index contributed by atoms with van der Waals surface area (Å²) in [5.41, 5.74) is 0.961. The summed E-state index contributed by atoms with van der Waals surface area (Å²) in [6, 6.07) is 13.5. The van der Waals surface area contributed by atoms with Crippen molar-refractivity contribution >= 4 is 17.0 Å². The molecule has 4 rings (SSSR count). The van der Waals surface area contributed by atoms with Crippen molar-refractivity contribution in [2.75, 3.05) is 19.7 Å². The highest BCUT2D eigenvalue weighted by atomic mass is 19.4. The van der Waals surface area contributed by atoms with Crippen LogP contribution < -0.4 is 5.11 Å². The van der Waals surface area contributed by atoms with Crippen LogP contribution in [0.2, 0.25) is 0 Å². The molecule has 0 aliphatic carbocycles. The molecule has 31 heavy (non-hydrogen) atoms. The van der Waals surface area contributed by atoms with Gasteiger partial charge in [-0.1, -0.05) is 30.3 Å². The minimum absolute atomic E-state index is 0.0136. The topological polar surface area (TPSA) is 68.4 Å². The van der Waals surface area contributed by atoms with E-state index >= 15 is 0 Å². The Bertz CT molecular complexity index is 1050. The maximum Gasteiger partial charge on any atom is 0.416 e. The number of likely N-dealkylation sites (tertiary alicyclic amines) is 1. The van der Waals surface area contributed by atoms with Gasteiger partial charge in [0, 0.05) is 35.7 Å². The number of nitrogens with zero attached hydrogens (tertiary/aromatic N) is 1. The molecule has 1 aliphatic rings. The monoisotopic (exact) mass is 431 g/mol. The predicted octanol–water partition coefficient (Wildman–Crippen LogP) is 4.08. The zero-order valence-corrected chi connectivity index (χ0v) is 16.7. The first-order chi connectivity index (χ1) is 14.8. The Labute approximate surface area is 177 Å². The number of rotatable bonds is 5. The van der Waals surface area contributed by atoms with Crippen molar-refractivity contribution in [3.05, 3.63) is 71.4 Å². The molecule has 3 aromatic rings. The number of benzene rings is 2. The van der Waals surface area contributed by atoms with Crippen molar-refractivity contribution in [1.29, 1.82) is 0 Å². The number of halogens is 3. The molecule has 2 aromatic carbocycles. The van der Waals surface area contributed by atoms with E-state index in [4.69, 9.17) is 4.74 Å². The van der Waals surface area contributed by atoms with Gasteiger partial charge in [-0.05, 0) is 36.6 Å². The van der Waals surface area contributed by atoms with Crippen LogP contribution in [0.5, 0.6) is 0 Å². The van der Waals surface area contributed by atoms with Crippen LogP contribution in [-0.4, -0.2) is 35.7 Å². The van der Waals surface area contributed by atoms with Crippen LogP contribution in [0.4, 0.5) is 18.0 Å². The molecule has 1 fully saturated rings. The molecular formula is C23H22F3N2O3-. The maximum atomic E-state index is 13.3. The smallest absolute Gasteiger partial charge is 0.416 e. The normalized spacial score (nSPS) is 16.5. The lowest BCUT2D eigenvalue weighted by Gasteiger charge is -2.43. The molecule has 0 bridgehead atoms. The number of carbonyl (C=O) groups excluding carboxylic acids is 1. The van der Waals surface area contributed by atoms with Crippen LogP contribution in [0, 0.1) is 0 Å². The van der Waals surface area contributed by atoms with E-state index < -0.39 is 23.2 Å². The van der Waals surface area contributed by atoms with Gasteiger partial charge in [0.2, 0.25) is 0 Å². The summed E-state index contributed by atoms with van der Waals surface area (Å²) in [6.07, 6.45) is -2.93. The molecule has 0 atom stereocenters. The molecule has 8 heteroatoms. The van der Waals surface area contributed by atoms with E-state index in [1.807, 2.05) is 30.3 Å². The summed E-state index contributed by atoms with van der Waals surface area (Å²) < 4.78 is 45.9. The molecule has 2 heterocycles. The fraction of sp³-hybridized carbons (Fsp3) is 0.348. The zero-order chi connectivity index (χ0) is 22.1. The molecule has 1 amide bonds. The quantitative estimate of drug-likeness (QED) is 0.662. The van der Waals surface area contributed by atoms with Crippen molar-refractivity contribution in [3.63, 3.8) is 0 Å². The van der Waals surface area contributed by atoms with Gasteiger partial charge < -0.3 is 24.5 Å². The summed E-state index contributed by atoms with van der Waals surface area (Å²) in [5.74, 6) is 0. The van der Waals surface area contributed by atoms with Crippen molar-refractivity contribution in [2.45, 2.75) is 31.0 Å². The number of hydrogen-bond donors (Lipinski definition) is 1. The number of amides is 1. The average molecular weight is 431 g/mol. The molecule has 0 radical (unpaired) electrons. The first-order valence-corrected chi connectivity index (χ1v) is 10.0. The van der Waals surface area contributed by atoms with Gasteiger partial charge in [-0.15, -0.1) is 0 Å². The highest BCUT2D eigenvalue weighted by Gasteiger charge is 2.37. The Hall–Kier alpha value is -3.00. The first-order valence-electron chi connectivity index (χ1n) is 10.0. The number of piperidine rings is 1. The minimum atomic E-state index is -4.44.